The zero-order chi connectivity index (χ0) is 12.3. The molecule has 2 nitrogen and oxygen atoms in total. The monoisotopic (exact) mass is 251 g/mol. The molecule has 2 rings (SSSR count). The summed E-state index contributed by atoms with van der Waals surface area (Å²) < 4.78 is 11.9. The van der Waals surface area contributed by atoms with Gasteiger partial charge in [-0.1, -0.05) is 18.2 Å². The normalized spacial score (nSPS) is 17.8. The van der Waals surface area contributed by atoms with Crippen LogP contribution in [0.25, 0.3) is 0 Å². The van der Waals surface area contributed by atoms with Crippen molar-refractivity contribution >= 4 is 10.8 Å². The van der Waals surface area contributed by atoms with E-state index in [0.717, 1.165) is 12.2 Å². The maximum atomic E-state index is 11.9. The number of nitrogens with two attached hydrogens (primary N) is 1. The lowest BCUT2D eigenvalue weighted by atomic mass is 10.1. The largest absolute Gasteiger partial charge is 0.328 e. The molecule has 0 aliphatic heterocycles. The molecular weight excluding hydrogens is 230 g/mol. The van der Waals surface area contributed by atoms with Crippen LogP contribution in [0.5, 0.6) is 0 Å². The summed E-state index contributed by atoms with van der Waals surface area (Å²) in [7, 11) is -0.768. The van der Waals surface area contributed by atoms with Gasteiger partial charge in [0.05, 0.1) is 0 Å². The van der Waals surface area contributed by atoms with Gasteiger partial charge in [0.25, 0.3) is 0 Å². The number of aryl methyl sites for hydroxylation is 2. The zero-order valence-corrected chi connectivity index (χ0v) is 11.3. The number of hydrogen-bond donors (Lipinski definition) is 1. The first-order chi connectivity index (χ1) is 8.15. The molecule has 1 aliphatic carbocycles. The molecule has 2 N–H and O–H groups in total. The van der Waals surface area contributed by atoms with Crippen LogP contribution in [0.2, 0.25) is 0 Å². The molecule has 0 aromatic heterocycles. The minimum atomic E-state index is -0.768. The van der Waals surface area contributed by atoms with E-state index in [0.29, 0.717) is 5.75 Å². The number of fused-ring (bicyclic) bond motifs is 1. The molecule has 0 spiro atoms. The van der Waals surface area contributed by atoms with Gasteiger partial charge in [0.15, 0.2) is 0 Å². The topological polar surface area (TPSA) is 43.1 Å². The fraction of sp³-hybridized carbons (Fsp3) is 0.571. The molecule has 1 aromatic carbocycles. The van der Waals surface area contributed by atoms with Crippen molar-refractivity contribution in [3.8, 4) is 0 Å². The molecule has 3 heteroatoms. The molecule has 94 valence electrons. The first-order valence-electron chi connectivity index (χ1n) is 6.36. The summed E-state index contributed by atoms with van der Waals surface area (Å²) in [5, 5.41) is 0. The molecule has 0 saturated heterocycles. The Morgan fingerprint density at radius 3 is 2.88 bits per heavy atom. The van der Waals surface area contributed by atoms with Crippen molar-refractivity contribution in [1.82, 2.24) is 0 Å². The van der Waals surface area contributed by atoms with Crippen LogP contribution in [0.3, 0.4) is 0 Å². The Hall–Kier alpha value is -0.670. The highest BCUT2D eigenvalue weighted by Gasteiger charge is 2.11. The lowest BCUT2D eigenvalue weighted by Crippen LogP contribution is -2.18. The van der Waals surface area contributed by atoms with E-state index in [1.165, 1.54) is 36.0 Å². The van der Waals surface area contributed by atoms with Gasteiger partial charge in [-0.3, -0.25) is 4.21 Å². The van der Waals surface area contributed by atoms with Crippen LogP contribution in [-0.4, -0.2) is 16.0 Å². The van der Waals surface area contributed by atoms with Gasteiger partial charge >= 0.3 is 0 Å². The summed E-state index contributed by atoms with van der Waals surface area (Å²) in [5.41, 5.74) is 9.84. The summed E-state index contributed by atoms with van der Waals surface area (Å²) in [5.74, 6) is 1.40. The van der Waals surface area contributed by atoms with Crippen molar-refractivity contribution in [1.29, 1.82) is 0 Å². The van der Waals surface area contributed by atoms with E-state index in [2.05, 4.69) is 18.2 Å². The summed E-state index contributed by atoms with van der Waals surface area (Å²) in [6.45, 7) is 1.96. The number of benzene rings is 1. The molecule has 0 saturated carbocycles. The van der Waals surface area contributed by atoms with E-state index in [1.807, 2.05) is 6.92 Å². The van der Waals surface area contributed by atoms with Crippen LogP contribution < -0.4 is 5.73 Å². The molecule has 0 fully saturated rings. The fourth-order valence-electron chi connectivity index (χ4n) is 2.29. The predicted octanol–water partition coefficient (Wildman–Crippen LogP) is 2.16. The van der Waals surface area contributed by atoms with Crippen LogP contribution in [0.4, 0.5) is 0 Å². The lowest BCUT2D eigenvalue weighted by molar-refractivity contribution is 0.667. The van der Waals surface area contributed by atoms with Crippen molar-refractivity contribution in [2.75, 3.05) is 5.75 Å². The molecule has 0 heterocycles. The maximum Gasteiger partial charge on any atom is 0.0485 e. The molecule has 17 heavy (non-hydrogen) atoms. The summed E-state index contributed by atoms with van der Waals surface area (Å²) >= 11 is 0. The highest BCUT2D eigenvalue weighted by atomic mass is 32.2. The smallest absolute Gasteiger partial charge is 0.0485 e. The van der Waals surface area contributed by atoms with Gasteiger partial charge in [-0.25, -0.2) is 0 Å². The summed E-state index contributed by atoms with van der Waals surface area (Å²) in [4.78, 5) is 0. The fourth-order valence-corrected chi connectivity index (χ4v) is 3.62. The molecule has 0 amide bonds. The number of hydrogen-bond acceptors (Lipinski definition) is 2. The van der Waals surface area contributed by atoms with Gasteiger partial charge in [0.2, 0.25) is 0 Å². The molecule has 2 atom stereocenters. The lowest BCUT2D eigenvalue weighted by Gasteiger charge is -2.07. The first-order valence-corrected chi connectivity index (χ1v) is 7.85. The Bertz CT molecular complexity index is 415. The van der Waals surface area contributed by atoms with Crippen LogP contribution in [-0.2, 0) is 29.4 Å². The minimum absolute atomic E-state index is 0.152. The highest BCUT2D eigenvalue weighted by molar-refractivity contribution is 7.84. The maximum absolute atomic E-state index is 11.9. The minimum Gasteiger partial charge on any atom is -0.328 e. The van der Waals surface area contributed by atoms with Crippen molar-refractivity contribution in [3.63, 3.8) is 0 Å². The van der Waals surface area contributed by atoms with Gasteiger partial charge in [0, 0.05) is 28.3 Å². The Labute approximate surface area is 106 Å². The Morgan fingerprint density at radius 1 is 1.35 bits per heavy atom. The zero-order valence-electron chi connectivity index (χ0n) is 10.4. The van der Waals surface area contributed by atoms with E-state index < -0.39 is 10.8 Å². The van der Waals surface area contributed by atoms with Gasteiger partial charge in [-0.15, -0.1) is 0 Å². The average Bonchev–Trinajstić information content (AvgIpc) is 2.73. The Balaban J connectivity index is 1.92. The number of rotatable bonds is 5. The van der Waals surface area contributed by atoms with Gasteiger partial charge < -0.3 is 5.73 Å². The average molecular weight is 251 g/mol. The van der Waals surface area contributed by atoms with E-state index >= 15 is 0 Å². The second kappa shape index (κ2) is 5.78. The standard InChI is InChI=1S/C14H21NOS/c1-11(15)7-8-17(16)10-12-5-6-13-3-2-4-14(13)9-12/h5-6,9,11H,2-4,7-8,10,15H2,1H3. The first kappa shape index (κ1) is 12.8. The van der Waals surface area contributed by atoms with Crippen molar-refractivity contribution < 1.29 is 4.21 Å². The third kappa shape index (κ3) is 3.65. The molecule has 0 radical (unpaired) electrons. The van der Waals surface area contributed by atoms with Crippen LogP contribution in [0.1, 0.15) is 36.5 Å². The van der Waals surface area contributed by atoms with Crippen LogP contribution in [0, 0.1) is 0 Å². The molecule has 0 bridgehead atoms. The third-order valence-corrected chi connectivity index (χ3v) is 4.64. The van der Waals surface area contributed by atoms with E-state index in [-0.39, 0.29) is 6.04 Å². The molecule has 1 aromatic rings. The van der Waals surface area contributed by atoms with Crippen LogP contribution in [0.15, 0.2) is 18.2 Å². The molecule has 2 unspecified atom stereocenters. The molecule has 1 aliphatic rings. The van der Waals surface area contributed by atoms with E-state index in [9.17, 15) is 4.21 Å². The van der Waals surface area contributed by atoms with Crippen molar-refractivity contribution in [2.45, 2.75) is 44.4 Å². The quantitative estimate of drug-likeness (QED) is 0.871. The van der Waals surface area contributed by atoms with Gasteiger partial charge in [-0.2, -0.15) is 0 Å². The second-order valence-corrected chi connectivity index (χ2v) is 6.59. The SMILES string of the molecule is CC(N)CCS(=O)Cc1ccc2c(c1)CCC2. The Morgan fingerprint density at radius 2 is 2.12 bits per heavy atom. The van der Waals surface area contributed by atoms with Gasteiger partial charge in [-0.05, 0) is 49.3 Å². The second-order valence-electron chi connectivity index (χ2n) is 5.01. The summed E-state index contributed by atoms with van der Waals surface area (Å²) in [6.07, 6.45) is 4.52. The predicted molar refractivity (Wildman–Crippen MR) is 73.4 cm³/mol. The third-order valence-electron chi connectivity index (χ3n) is 3.29. The van der Waals surface area contributed by atoms with Crippen LogP contribution >= 0.6 is 0 Å². The van der Waals surface area contributed by atoms with E-state index in [4.69, 9.17) is 5.73 Å². The van der Waals surface area contributed by atoms with Gasteiger partial charge in [0.1, 0.15) is 0 Å². The molecular formula is C14H21NOS. The Kier molecular flexibility index (Phi) is 4.35. The highest BCUT2D eigenvalue weighted by Crippen LogP contribution is 2.23. The van der Waals surface area contributed by atoms with E-state index in [1.54, 1.807) is 0 Å². The van der Waals surface area contributed by atoms with Crippen molar-refractivity contribution in [3.05, 3.63) is 34.9 Å². The van der Waals surface area contributed by atoms with Crippen molar-refractivity contribution in [2.24, 2.45) is 5.73 Å². The summed E-state index contributed by atoms with van der Waals surface area (Å²) in [6, 6.07) is 6.74.